The van der Waals surface area contributed by atoms with E-state index >= 15 is 0 Å². The van der Waals surface area contributed by atoms with E-state index in [0.717, 1.165) is 0 Å². The Morgan fingerprint density at radius 3 is 2.43 bits per heavy atom. The largest absolute Gasteiger partial charge is 0.0616 e. The van der Waals surface area contributed by atoms with Crippen molar-refractivity contribution in [1.29, 1.82) is 0 Å². The van der Waals surface area contributed by atoms with Gasteiger partial charge in [0.25, 0.3) is 0 Å². The zero-order valence-electron chi connectivity index (χ0n) is 8.96. The lowest BCUT2D eigenvalue weighted by atomic mass is 9.84. The van der Waals surface area contributed by atoms with E-state index in [9.17, 15) is 0 Å². The molecule has 0 saturated carbocycles. The molecule has 0 nitrogen and oxygen atoms in total. The third-order valence-electron chi connectivity index (χ3n) is 2.53. The molecule has 0 spiro atoms. The van der Waals surface area contributed by atoms with E-state index in [0.29, 0.717) is 0 Å². The molecule has 0 aromatic heterocycles. The van der Waals surface area contributed by atoms with Crippen molar-refractivity contribution in [2.24, 2.45) is 0 Å². The fraction of sp³-hybridized carbons (Fsp3) is 0.286. The van der Waals surface area contributed by atoms with Gasteiger partial charge in [-0.05, 0) is 39.9 Å². The van der Waals surface area contributed by atoms with Crippen molar-refractivity contribution in [3.8, 4) is 0 Å². The molecule has 0 atom stereocenters. The molecule has 0 aliphatic rings. The Balaban J connectivity index is 2.78. The van der Waals surface area contributed by atoms with E-state index in [1.807, 2.05) is 6.07 Å². The first kappa shape index (κ1) is 9.26. The van der Waals surface area contributed by atoms with Crippen LogP contribution in [-0.2, 0) is 5.41 Å². The highest BCUT2D eigenvalue weighted by Gasteiger charge is 2.15. The van der Waals surface area contributed by atoms with Gasteiger partial charge in [0.1, 0.15) is 0 Å². The maximum Gasteiger partial charge on any atom is -0.0125 e. The van der Waals surface area contributed by atoms with Crippen LogP contribution in [-0.4, -0.2) is 0 Å². The average Bonchev–Trinajstić information content (AvgIpc) is 2.15. The molecule has 14 heavy (non-hydrogen) atoms. The normalized spacial score (nSPS) is 11.9. The standard InChI is InChI=1S/C14H15/c1-14(2,3)13-10-6-8-11-7-4-5-9-12(11)13/h4-5,7-10H,1-3H3. The van der Waals surface area contributed by atoms with Crippen molar-refractivity contribution >= 4 is 10.8 Å². The van der Waals surface area contributed by atoms with Crippen LogP contribution in [0, 0.1) is 6.07 Å². The Morgan fingerprint density at radius 1 is 1.00 bits per heavy atom. The third kappa shape index (κ3) is 1.52. The van der Waals surface area contributed by atoms with Gasteiger partial charge >= 0.3 is 0 Å². The Labute approximate surface area is 85.6 Å². The van der Waals surface area contributed by atoms with Crippen LogP contribution in [0.1, 0.15) is 26.3 Å². The van der Waals surface area contributed by atoms with E-state index in [2.05, 4.69) is 57.2 Å². The van der Waals surface area contributed by atoms with Crippen molar-refractivity contribution in [3.63, 3.8) is 0 Å². The van der Waals surface area contributed by atoms with Crippen molar-refractivity contribution in [1.82, 2.24) is 0 Å². The highest BCUT2D eigenvalue weighted by atomic mass is 14.2. The van der Waals surface area contributed by atoms with Crippen LogP contribution in [0.5, 0.6) is 0 Å². The van der Waals surface area contributed by atoms with Gasteiger partial charge in [0.05, 0.1) is 0 Å². The Hall–Kier alpha value is -1.30. The van der Waals surface area contributed by atoms with Gasteiger partial charge in [-0.25, -0.2) is 0 Å². The van der Waals surface area contributed by atoms with Crippen LogP contribution in [0.2, 0.25) is 0 Å². The van der Waals surface area contributed by atoms with Gasteiger partial charge in [-0.1, -0.05) is 45.0 Å². The Bertz CT molecular complexity index is 442. The molecular weight excluding hydrogens is 168 g/mol. The summed E-state index contributed by atoms with van der Waals surface area (Å²) in [5, 5.41) is 2.62. The second kappa shape index (κ2) is 3.13. The average molecular weight is 183 g/mol. The minimum atomic E-state index is 0.192. The number of fused-ring (bicyclic) bond motifs is 1. The molecule has 0 unspecified atom stereocenters. The topological polar surface area (TPSA) is 0 Å². The molecule has 2 aromatic carbocycles. The second-order valence-electron chi connectivity index (χ2n) is 4.71. The van der Waals surface area contributed by atoms with E-state index in [1.165, 1.54) is 16.3 Å². The molecule has 0 aliphatic heterocycles. The zero-order valence-corrected chi connectivity index (χ0v) is 8.96. The smallest absolute Gasteiger partial charge is 0.0125 e. The molecular formula is C14H15. The minimum Gasteiger partial charge on any atom is -0.0616 e. The molecule has 0 bridgehead atoms. The molecule has 71 valence electrons. The van der Waals surface area contributed by atoms with E-state index in [-0.39, 0.29) is 5.41 Å². The van der Waals surface area contributed by atoms with Crippen LogP contribution >= 0.6 is 0 Å². The second-order valence-corrected chi connectivity index (χ2v) is 4.71. The van der Waals surface area contributed by atoms with Crippen molar-refractivity contribution in [2.45, 2.75) is 26.2 Å². The summed E-state index contributed by atoms with van der Waals surface area (Å²) in [4.78, 5) is 0. The van der Waals surface area contributed by atoms with Gasteiger partial charge in [0, 0.05) is 0 Å². The lowest BCUT2D eigenvalue weighted by Gasteiger charge is -2.21. The molecule has 0 fully saturated rings. The quantitative estimate of drug-likeness (QED) is 0.580. The van der Waals surface area contributed by atoms with E-state index in [1.54, 1.807) is 0 Å². The monoisotopic (exact) mass is 183 g/mol. The third-order valence-corrected chi connectivity index (χ3v) is 2.53. The maximum absolute atomic E-state index is 3.21. The lowest BCUT2D eigenvalue weighted by molar-refractivity contribution is 0.596. The molecule has 1 radical (unpaired) electrons. The highest BCUT2D eigenvalue weighted by Crippen LogP contribution is 2.29. The molecule has 2 aromatic rings. The van der Waals surface area contributed by atoms with E-state index < -0.39 is 0 Å². The number of rotatable bonds is 0. The van der Waals surface area contributed by atoms with Crippen LogP contribution in [0.3, 0.4) is 0 Å². The van der Waals surface area contributed by atoms with Crippen molar-refractivity contribution in [2.75, 3.05) is 0 Å². The van der Waals surface area contributed by atoms with Gasteiger partial charge in [-0.2, -0.15) is 0 Å². The Morgan fingerprint density at radius 2 is 1.71 bits per heavy atom. The van der Waals surface area contributed by atoms with Gasteiger partial charge in [0.2, 0.25) is 0 Å². The molecule has 0 N–H and O–H groups in total. The van der Waals surface area contributed by atoms with Crippen LogP contribution in [0.15, 0.2) is 36.4 Å². The van der Waals surface area contributed by atoms with Gasteiger partial charge < -0.3 is 0 Å². The predicted molar refractivity (Wildman–Crippen MR) is 61.5 cm³/mol. The maximum atomic E-state index is 3.21. The van der Waals surface area contributed by atoms with Crippen LogP contribution in [0.25, 0.3) is 10.8 Å². The lowest BCUT2D eigenvalue weighted by Crippen LogP contribution is -2.11. The zero-order chi connectivity index (χ0) is 10.2. The number of hydrogen-bond acceptors (Lipinski definition) is 0. The minimum absolute atomic E-state index is 0.192. The SMILES string of the molecule is CC(C)(C)c1c[c]cc2ccccc12. The summed E-state index contributed by atoms with van der Waals surface area (Å²) in [5.41, 5.74) is 1.56. The molecule has 0 aliphatic carbocycles. The molecule has 0 heteroatoms. The summed E-state index contributed by atoms with van der Waals surface area (Å²) in [6.45, 7) is 6.72. The fourth-order valence-electron chi connectivity index (χ4n) is 1.78. The summed E-state index contributed by atoms with van der Waals surface area (Å²) in [6.07, 6.45) is 0. The summed E-state index contributed by atoms with van der Waals surface area (Å²) in [6, 6.07) is 15.8. The van der Waals surface area contributed by atoms with Gasteiger partial charge in [-0.3, -0.25) is 0 Å². The molecule has 2 rings (SSSR count). The summed E-state index contributed by atoms with van der Waals surface area (Å²) < 4.78 is 0. The van der Waals surface area contributed by atoms with Crippen molar-refractivity contribution in [3.05, 3.63) is 48.0 Å². The predicted octanol–water partition coefficient (Wildman–Crippen LogP) is 3.94. The highest BCUT2D eigenvalue weighted by molar-refractivity contribution is 5.86. The first-order valence-electron chi connectivity index (χ1n) is 4.98. The van der Waals surface area contributed by atoms with E-state index in [4.69, 9.17) is 0 Å². The summed E-state index contributed by atoms with van der Waals surface area (Å²) in [7, 11) is 0. The number of benzene rings is 2. The first-order valence-corrected chi connectivity index (χ1v) is 4.98. The van der Waals surface area contributed by atoms with Gasteiger partial charge in [0.15, 0.2) is 0 Å². The first-order chi connectivity index (χ1) is 6.59. The molecule has 0 heterocycles. The fourth-order valence-corrected chi connectivity index (χ4v) is 1.78. The summed E-state index contributed by atoms with van der Waals surface area (Å²) in [5.74, 6) is 0. The summed E-state index contributed by atoms with van der Waals surface area (Å²) >= 11 is 0. The Kier molecular flexibility index (Phi) is 2.07. The number of hydrogen-bond donors (Lipinski definition) is 0. The van der Waals surface area contributed by atoms with Crippen molar-refractivity contribution < 1.29 is 0 Å². The molecule has 0 saturated heterocycles. The van der Waals surface area contributed by atoms with Gasteiger partial charge in [-0.15, -0.1) is 0 Å². The van der Waals surface area contributed by atoms with Crippen LogP contribution < -0.4 is 0 Å². The molecule has 0 amide bonds. The van der Waals surface area contributed by atoms with Crippen LogP contribution in [0.4, 0.5) is 0 Å².